The Balaban J connectivity index is 1.80. The van der Waals surface area contributed by atoms with E-state index in [1.807, 2.05) is 6.07 Å². The van der Waals surface area contributed by atoms with E-state index in [1.54, 1.807) is 60.7 Å². The van der Waals surface area contributed by atoms with Gasteiger partial charge in [-0.2, -0.15) is 5.26 Å². The molecule has 0 atom stereocenters. The summed E-state index contributed by atoms with van der Waals surface area (Å²) in [4.78, 5) is 12.5. The van der Waals surface area contributed by atoms with Crippen LogP contribution in [-0.2, 0) is 11.4 Å². The van der Waals surface area contributed by atoms with E-state index in [9.17, 15) is 10.1 Å². The molecule has 0 radical (unpaired) electrons. The summed E-state index contributed by atoms with van der Waals surface area (Å²) in [7, 11) is 1.53. The molecule has 0 fully saturated rings. The zero-order chi connectivity index (χ0) is 23.1. The van der Waals surface area contributed by atoms with E-state index in [4.69, 9.17) is 32.7 Å². The minimum Gasteiger partial charge on any atom is -0.493 e. The summed E-state index contributed by atoms with van der Waals surface area (Å²) in [5.74, 6) is 0.434. The molecule has 3 rings (SSSR count). The Labute approximate surface area is 204 Å². The van der Waals surface area contributed by atoms with E-state index in [0.29, 0.717) is 32.8 Å². The van der Waals surface area contributed by atoms with Crippen molar-refractivity contribution in [3.8, 4) is 17.6 Å². The topological polar surface area (TPSA) is 71.3 Å². The monoisotopic (exact) mass is 530 g/mol. The smallest absolute Gasteiger partial charge is 0.266 e. The van der Waals surface area contributed by atoms with Crippen molar-refractivity contribution in [2.24, 2.45) is 0 Å². The first-order valence-corrected chi connectivity index (χ1v) is 10.9. The van der Waals surface area contributed by atoms with Crippen molar-refractivity contribution in [1.29, 1.82) is 5.26 Å². The van der Waals surface area contributed by atoms with Crippen LogP contribution in [0.1, 0.15) is 11.1 Å². The van der Waals surface area contributed by atoms with Crippen molar-refractivity contribution in [2.45, 2.75) is 6.61 Å². The Bertz CT molecular complexity index is 1200. The maximum Gasteiger partial charge on any atom is 0.266 e. The highest BCUT2D eigenvalue weighted by Gasteiger charge is 2.12. The van der Waals surface area contributed by atoms with Crippen LogP contribution in [0.2, 0.25) is 10.0 Å². The first kappa shape index (κ1) is 23.7. The number of hydrogen-bond acceptors (Lipinski definition) is 4. The molecular formula is C24H17BrCl2N2O3. The zero-order valence-corrected chi connectivity index (χ0v) is 20.0. The minimum absolute atomic E-state index is 0.0511. The summed E-state index contributed by atoms with van der Waals surface area (Å²) in [6.45, 7) is 0.189. The maximum absolute atomic E-state index is 12.5. The van der Waals surface area contributed by atoms with E-state index < -0.39 is 5.91 Å². The van der Waals surface area contributed by atoms with Gasteiger partial charge in [0.25, 0.3) is 5.91 Å². The molecule has 0 unspecified atom stereocenters. The number of rotatable bonds is 7. The number of carbonyl (C=O) groups is 1. The Kier molecular flexibility index (Phi) is 8.18. The molecule has 8 heteroatoms. The van der Waals surface area contributed by atoms with Gasteiger partial charge in [0.15, 0.2) is 11.5 Å². The van der Waals surface area contributed by atoms with Crippen LogP contribution in [0.15, 0.2) is 70.7 Å². The van der Waals surface area contributed by atoms with Gasteiger partial charge in [0.05, 0.1) is 7.11 Å². The summed E-state index contributed by atoms with van der Waals surface area (Å²) in [6.07, 6.45) is 1.48. The summed E-state index contributed by atoms with van der Waals surface area (Å²) >= 11 is 15.5. The molecule has 5 nitrogen and oxygen atoms in total. The highest BCUT2D eigenvalue weighted by molar-refractivity contribution is 9.10. The fourth-order valence-electron chi connectivity index (χ4n) is 2.74. The standard InChI is InChI=1S/C24H17BrCl2N2O3/c1-31-22-9-2-15(11-23(22)32-14-16-3-6-19(26)12-21(16)27)10-17(13-28)24(30)29-20-7-4-18(25)5-8-20/h2-12H,14H2,1H3,(H,29,30)/b17-10+. The number of nitrogens with zero attached hydrogens (tertiary/aromatic N) is 1. The van der Waals surface area contributed by atoms with Gasteiger partial charge in [0.2, 0.25) is 0 Å². The summed E-state index contributed by atoms with van der Waals surface area (Å²) in [6, 6.07) is 19.3. The van der Waals surface area contributed by atoms with Gasteiger partial charge in [-0.15, -0.1) is 0 Å². The van der Waals surface area contributed by atoms with Crippen LogP contribution >= 0.6 is 39.1 Å². The molecule has 3 aromatic rings. The second-order valence-corrected chi connectivity index (χ2v) is 8.32. The van der Waals surface area contributed by atoms with Crippen molar-refractivity contribution in [3.63, 3.8) is 0 Å². The number of anilines is 1. The molecule has 0 aliphatic carbocycles. The Morgan fingerprint density at radius 1 is 1.09 bits per heavy atom. The van der Waals surface area contributed by atoms with Crippen LogP contribution < -0.4 is 14.8 Å². The van der Waals surface area contributed by atoms with Crippen LogP contribution in [0.25, 0.3) is 6.08 Å². The molecule has 162 valence electrons. The number of amides is 1. The van der Waals surface area contributed by atoms with E-state index in [0.717, 1.165) is 10.0 Å². The lowest BCUT2D eigenvalue weighted by molar-refractivity contribution is -0.112. The lowest BCUT2D eigenvalue weighted by Crippen LogP contribution is -2.13. The highest BCUT2D eigenvalue weighted by Crippen LogP contribution is 2.31. The molecular weight excluding hydrogens is 515 g/mol. The molecule has 0 bridgehead atoms. The Morgan fingerprint density at radius 3 is 2.50 bits per heavy atom. The van der Waals surface area contributed by atoms with Crippen LogP contribution in [-0.4, -0.2) is 13.0 Å². The lowest BCUT2D eigenvalue weighted by Gasteiger charge is -2.12. The third-order valence-corrected chi connectivity index (χ3v) is 5.48. The van der Waals surface area contributed by atoms with Crippen molar-refractivity contribution in [1.82, 2.24) is 0 Å². The van der Waals surface area contributed by atoms with Gasteiger partial charge in [0, 0.05) is 25.8 Å². The average molecular weight is 532 g/mol. The molecule has 0 saturated heterocycles. The number of hydrogen-bond donors (Lipinski definition) is 1. The zero-order valence-electron chi connectivity index (χ0n) is 16.9. The van der Waals surface area contributed by atoms with Crippen LogP contribution in [0.3, 0.4) is 0 Å². The number of ether oxygens (including phenoxy) is 2. The fourth-order valence-corrected chi connectivity index (χ4v) is 3.46. The third kappa shape index (κ3) is 6.27. The Hall–Kier alpha value is -2.98. The van der Waals surface area contributed by atoms with Gasteiger partial charge in [-0.25, -0.2) is 0 Å². The van der Waals surface area contributed by atoms with Crippen molar-refractivity contribution >= 4 is 56.8 Å². The van der Waals surface area contributed by atoms with Gasteiger partial charge in [0.1, 0.15) is 18.2 Å². The number of carbonyl (C=O) groups excluding carboxylic acids is 1. The Morgan fingerprint density at radius 2 is 1.84 bits per heavy atom. The van der Waals surface area contributed by atoms with Gasteiger partial charge in [-0.3, -0.25) is 4.79 Å². The van der Waals surface area contributed by atoms with Crippen LogP contribution in [0.4, 0.5) is 5.69 Å². The van der Waals surface area contributed by atoms with Crippen molar-refractivity contribution < 1.29 is 14.3 Å². The molecule has 0 aromatic heterocycles. The molecule has 32 heavy (non-hydrogen) atoms. The molecule has 1 N–H and O–H groups in total. The molecule has 1 amide bonds. The first-order chi connectivity index (χ1) is 15.4. The number of halogens is 3. The molecule has 0 aliphatic heterocycles. The van der Waals surface area contributed by atoms with Crippen LogP contribution in [0.5, 0.6) is 11.5 Å². The predicted octanol–water partition coefficient (Wildman–Crippen LogP) is 6.89. The fraction of sp³-hybridized carbons (Fsp3) is 0.0833. The summed E-state index contributed by atoms with van der Waals surface area (Å²) in [5.41, 5.74) is 1.89. The van der Waals surface area contributed by atoms with Crippen molar-refractivity contribution in [2.75, 3.05) is 12.4 Å². The van der Waals surface area contributed by atoms with E-state index in [2.05, 4.69) is 21.2 Å². The summed E-state index contributed by atoms with van der Waals surface area (Å²) in [5, 5.41) is 13.2. The number of nitrogens with one attached hydrogen (secondary N) is 1. The predicted molar refractivity (Wildman–Crippen MR) is 130 cm³/mol. The first-order valence-electron chi connectivity index (χ1n) is 9.33. The number of nitriles is 1. The molecule has 0 saturated carbocycles. The molecule has 0 heterocycles. The molecule has 0 aliphatic rings. The van der Waals surface area contributed by atoms with E-state index >= 15 is 0 Å². The number of benzene rings is 3. The van der Waals surface area contributed by atoms with Gasteiger partial charge < -0.3 is 14.8 Å². The SMILES string of the molecule is COc1ccc(/C=C(\C#N)C(=O)Nc2ccc(Br)cc2)cc1OCc1ccc(Cl)cc1Cl. The van der Waals surface area contributed by atoms with Crippen LogP contribution in [0, 0.1) is 11.3 Å². The quantitative estimate of drug-likeness (QED) is 0.266. The second-order valence-electron chi connectivity index (χ2n) is 6.57. The normalized spacial score (nSPS) is 10.9. The molecule has 3 aromatic carbocycles. The van der Waals surface area contributed by atoms with Gasteiger partial charge in [-0.1, -0.05) is 51.3 Å². The lowest BCUT2D eigenvalue weighted by atomic mass is 10.1. The van der Waals surface area contributed by atoms with E-state index in [-0.39, 0.29) is 12.2 Å². The minimum atomic E-state index is -0.513. The number of methoxy groups -OCH3 is 1. The van der Waals surface area contributed by atoms with E-state index in [1.165, 1.54) is 13.2 Å². The summed E-state index contributed by atoms with van der Waals surface area (Å²) < 4.78 is 12.1. The molecule has 0 spiro atoms. The average Bonchev–Trinajstić information content (AvgIpc) is 2.78. The largest absolute Gasteiger partial charge is 0.493 e. The van der Waals surface area contributed by atoms with Crippen molar-refractivity contribution in [3.05, 3.63) is 91.9 Å². The van der Waals surface area contributed by atoms with Gasteiger partial charge >= 0.3 is 0 Å². The maximum atomic E-state index is 12.5. The van der Waals surface area contributed by atoms with Gasteiger partial charge in [-0.05, 0) is 60.2 Å². The third-order valence-electron chi connectivity index (χ3n) is 4.36. The highest BCUT2D eigenvalue weighted by atomic mass is 79.9. The second kappa shape index (κ2) is 11.1.